The molecule has 2 fully saturated rings. The van der Waals surface area contributed by atoms with Crippen molar-refractivity contribution in [3.05, 3.63) is 0 Å². The van der Waals surface area contributed by atoms with Gasteiger partial charge in [0.15, 0.2) is 0 Å². The van der Waals surface area contributed by atoms with Gasteiger partial charge in [0.1, 0.15) is 0 Å². The monoisotopic (exact) mass is 241 g/mol. The summed E-state index contributed by atoms with van der Waals surface area (Å²) in [7, 11) is 0. The van der Waals surface area contributed by atoms with Crippen LogP contribution in [0.15, 0.2) is 0 Å². The van der Waals surface area contributed by atoms with E-state index in [2.05, 4.69) is 6.92 Å². The molecule has 1 heterocycles. The second kappa shape index (κ2) is 6.72. The third-order valence-corrected chi connectivity index (χ3v) is 3.96. The van der Waals surface area contributed by atoms with Crippen molar-refractivity contribution in [2.45, 2.75) is 70.1 Å². The van der Waals surface area contributed by atoms with E-state index >= 15 is 0 Å². The van der Waals surface area contributed by atoms with Crippen molar-refractivity contribution in [2.24, 2.45) is 11.7 Å². The van der Waals surface area contributed by atoms with Crippen molar-refractivity contribution >= 4 is 0 Å². The molecular formula is C14H27NO2. The van der Waals surface area contributed by atoms with Gasteiger partial charge in [-0.1, -0.05) is 0 Å². The molecule has 3 atom stereocenters. The maximum absolute atomic E-state index is 6.26. The molecule has 2 rings (SSSR count). The van der Waals surface area contributed by atoms with Crippen LogP contribution in [0, 0.1) is 5.92 Å². The molecule has 0 aromatic carbocycles. The summed E-state index contributed by atoms with van der Waals surface area (Å²) in [5.41, 5.74) is 6.26. The second-order valence-electron chi connectivity index (χ2n) is 5.49. The van der Waals surface area contributed by atoms with Crippen LogP contribution in [-0.2, 0) is 9.47 Å². The lowest BCUT2D eigenvalue weighted by Gasteiger charge is -2.24. The van der Waals surface area contributed by atoms with E-state index in [-0.39, 0.29) is 6.04 Å². The summed E-state index contributed by atoms with van der Waals surface area (Å²) in [6.45, 7) is 3.81. The zero-order chi connectivity index (χ0) is 12.1. The van der Waals surface area contributed by atoms with Crippen LogP contribution in [0.2, 0.25) is 0 Å². The molecule has 2 aliphatic rings. The van der Waals surface area contributed by atoms with E-state index in [9.17, 15) is 0 Å². The molecule has 1 saturated heterocycles. The highest BCUT2D eigenvalue weighted by molar-refractivity contribution is 4.89. The van der Waals surface area contributed by atoms with Gasteiger partial charge in [-0.2, -0.15) is 0 Å². The zero-order valence-corrected chi connectivity index (χ0v) is 11.1. The van der Waals surface area contributed by atoms with Gasteiger partial charge in [-0.05, 0) is 57.8 Å². The molecule has 3 heteroatoms. The van der Waals surface area contributed by atoms with Crippen LogP contribution in [0.4, 0.5) is 0 Å². The number of ether oxygens (including phenoxy) is 2. The van der Waals surface area contributed by atoms with Crippen molar-refractivity contribution in [3.8, 4) is 0 Å². The lowest BCUT2D eigenvalue weighted by atomic mass is 9.99. The topological polar surface area (TPSA) is 44.5 Å². The van der Waals surface area contributed by atoms with Crippen LogP contribution < -0.4 is 5.73 Å². The smallest absolute Gasteiger partial charge is 0.0753 e. The summed E-state index contributed by atoms with van der Waals surface area (Å²) in [6.07, 6.45) is 9.36. The molecule has 3 unspecified atom stereocenters. The van der Waals surface area contributed by atoms with Crippen LogP contribution in [0.5, 0.6) is 0 Å². The molecule has 1 aliphatic heterocycles. The normalized spacial score (nSPS) is 28.2. The summed E-state index contributed by atoms with van der Waals surface area (Å²) in [4.78, 5) is 0. The molecule has 0 amide bonds. The second-order valence-corrected chi connectivity index (χ2v) is 5.49. The van der Waals surface area contributed by atoms with Crippen molar-refractivity contribution in [1.82, 2.24) is 0 Å². The number of hydrogen-bond acceptors (Lipinski definition) is 3. The third-order valence-electron chi connectivity index (χ3n) is 3.96. The molecule has 0 spiro atoms. The summed E-state index contributed by atoms with van der Waals surface area (Å²) in [5.74, 6) is 0.743. The van der Waals surface area contributed by atoms with Crippen LogP contribution >= 0.6 is 0 Å². The Balaban J connectivity index is 1.62. The van der Waals surface area contributed by atoms with Crippen LogP contribution in [0.3, 0.4) is 0 Å². The Hall–Kier alpha value is -0.120. The van der Waals surface area contributed by atoms with Gasteiger partial charge >= 0.3 is 0 Å². The molecule has 0 bridgehead atoms. The SMILES string of the molecule is CCOC(C(N)CCCC1CCCO1)C1CC1. The highest BCUT2D eigenvalue weighted by atomic mass is 16.5. The molecule has 1 saturated carbocycles. The fourth-order valence-electron chi connectivity index (χ4n) is 2.84. The first-order chi connectivity index (χ1) is 8.31. The fraction of sp³-hybridized carbons (Fsp3) is 1.00. The Morgan fingerprint density at radius 3 is 2.76 bits per heavy atom. The van der Waals surface area contributed by atoms with Gasteiger partial charge in [-0.3, -0.25) is 0 Å². The first-order valence-electron chi connectivity index (χ1n) is 7.30. The first kappa shape index (κ1) is 13.3. The van der Waals surface area contributed by atoms with Crippen molar-refractivity contribution in [1.29, 1.82) is 0 Å². The van der Waals surface area contributed by atoms with E-state index in [1.807, 2.05) is 0 Å². The molecule has 0 aromatic heterocycles. The minimum Gasteiger partial charge on any atom is -0.378 e. The summed E-state index contributed by atoms with van der Waals surface area (Å²) in [6, 6.07) is 0.226. The number of nitrogens with two attached hydrogens (primary N) is 1. The Kier molecular flexibility index (Phi) is 5.26. The highest BCUT2D eigenvalue weighted by Gasteiger charge is 2.35. The average Bonchev–Trinajstić information content (AvgIpc) is 3.03. The highest BCUT2D eigenvalue weighted by Crippen LogP contribution is 2.36. The molecule has 17 heavy (non-hydrogen) atoms. The van der Waals surface area contributed by atoms with Crippen LogP contribution in [-0.4, -0.2) is 31.5 Å². The predicted molar refractivity (Wildman–Crippen MR) is 68.9 cm³/mol. The van der Waals surface area contributed by atoms with Gasteiger partial charge in [0, 0.05) is 19.3 Å². The van der Waals surface area contributed by atoms with Gasteiger partial charge in [0.05, 0.1) is 12.2 Å². The lowest BCUT2D eigenvalue weighted by Crippen LogP contribution is -2.38. The minimum atomic E-state index is 0.226. The summed E-state index contributed by atoms with van der Waals surface area (Å²) >= 11 is 0. The number of hydrogen-bond donors (Lipinski definition) is 1. The minimum absolute atomic E-state index is 0.226. The molecule has 0 radical (unpaired) electrons. The summed E-state index contributed by atoms with van der Waals surface area (Å²) in [5, 5.41) is 0. The molecule has 1 aliphatic carbocycles. The van der Waals surface area contributed by atoms with Crippen LogP contribution in [0.25, 0.3) is 0 Å². The van der Waals surface area contributed by atoms with Gasteiger partial charge in [-0.25, -0.2) is 0 Å². The zero-order valence-electron chi connectivity index (χ0n) is 11.1. The van der Waals surface area contributed by atoms with E-state index in [4.69, 9.17) is 15.2 Å². The van der Waals surface area contributed by atoms with Gasteiger partial charge in [0.25, 0.3) is 0 Å². The predicted octanol–water partition coefficient (Wildman–Crippen LogP) is 2.48. The molecular weight excluding hydrogens is 214 g/mol. The van der Waals surface area contributed by atoms with Gasteiger partial charge in [0.2, 0.25) is 0 Å². The van der Waals surface area contributed by atoms with Crippen LogP contribution in [0.1, 0.15) is 51.9 Å². The fourth-order valence-corrected chi connectivity index (χ4v) is 2.84. The van der Waals surface area contributed by atoms with Gasteiger partial charge < -0.3 is 15.2 Å². The van der Waals surface area contributed by atoms with E-state index in [1.165, 1.54) is 38.5 Å². The van der Waals surface area contributed by atoms with E-state index in [1.54, 1.807) is 0 Å². The molecule has 100 valence electrons. The quantitative estimate of drug-likeness (QED) is 0.710. The maximum Gasteiger partial charge on any atom is 0.0753 e. The van der Waals surface area contributed by atoms with Crippen molar-refractivity contribution < 1.29 is 9.47 Å². The maximum atomic E-state index is 6.26. The lowest BCUT2D eigenvalue weighted by molar-refractivity contribution is 0.0248. The Labute approximate surface area is 105 Å². The Morgan fingerprint density at radius 1 is 1.35 bits per heavy atom. The Morgan fingerprint density at radius 2 is 2.18 bits per heavy atom. The molecule has 3 nitrogen and oxygen atoms in total. The van der Waals surface area contributed by atoms with E-state index in [0.29, 0.717) is 12.2 Å². The van der Waals surface area contributed by atoms with Crippen molar-refractivity contribution in [3.63, 3.8) is 0 Å². The average molecular weight is 241 g/mol. The van der Waals surface area contributed by atoms with E-state index in [0.717, 1.165) is 25.6 Å². The standard InChI is InChI=1S/C14H27NO2/c1-2-16-14(11-8-9-11)13(15)7-3-5-12-6-4-10-17-12/h11-14H,2-10,15H2,1H3. The number of rotatable bonds is 8. The first-order valence-corrected chi connectivity index (χ1v) is 7.30. The molecule has 0 aromatic rings. The Bertz CT molecular complexity index is 212. The summed E-state index contributed by atoms with van der Waals surface area (Å²) < 4.78 is 11.4. The van der Waals surface area contributed by atoms with Gasteiger partial charge in [-0.15, -0.1) is 0 Å². The van der Waals surface area contributed by atoms with E-state index < -0.39 is 0 Å². The largest absolute Gasteiger partial charge is 0.378 e. The third kappa shape index (κ3) is 4.23. The molecule has 2 N–H and O–H groups in total. The van der Waals surface area contributed by atoms with Crippen molar-refractivity contribution in [2.75, 3.05) is 13.2 Å².